The third-order valence-corrected chi connectivity index (χ3v) is 3.60. The van der Waals surface area contributed by atoms with Crippen LogP contribution < -0.4 is 5.01 Å². The number of hydrogen-bond acceptors (Lipinski definition) is 3. The van der Waals surface area contributed by atoms with Crippen LogP contribution in [0.25, 0.3) is 0 Å². The molecule has 1 N–H and O–H groups in total. The fraction of sp³-hybridized carbons (Fsp3) is 0.500. The molecule has 1 heterocycles. The summed E-state index contributed by atoms with van der Waals surface area (Å²) in [4.78, 5) is 11.5. The second kappa shape index (κ2) is 4.61. The minimum Gasteiger partial charge on any atom is -0.395 e. The Morgan fingerprint density at radius 1 is 1.28 bits per heavy atom. The van der Waals surface area contributed by atoms with Crippen LogP contribution in [0.3, 0.4) is 0 Å². The van der Waals surface area contributed by atoms with Crippen LogP contribution in [-0.4, -0.2) is 36.2 Å². The molecule has 0 bridgehead atoms. The highest BCUT2D eigenvalue weighted by Gasteiger charge is 2.26. The summed E-state index contributed by atoms with van der Waals surface area (Å²) in [6.07, 6.45) is 0.570. The molecular formula is C14H20N2O2. The maximum Gasteiger partial charge on any atom is 0.242 e. The average Bonchev–Trinajstić information content (AvgIpc) is 2.70. The molecule has 0 aromatic heterocycles. The molecular weight excluding hydrogens is 228 g/mol. The number of amides is 1. The largest absolute Gasteiger partial charge is 0.395 e. The van der Waals surface area contributed by atoms with Gasteiger partial charge in [0.05, 0.1) is 12.3 Å². The van der Waals surface area contributed by atoms with Crippen molar-refractivity contribution >= 4 is 11.6 Å². The molecule has 0 spiro atoms. The molecule has 4 heteroatoms. The summed E-state index contributed by atoms with van der Waals surface area (Å²) < 4.78 is 0. The van der Waals surface area contributed by atoms with Crippen molar-refractivity contribution in [2.45, 2.75) is 25.7 Å². The SMILES string of the molecule is CN1C(=O)CCN1c1ccc(C(C)(C)CO)cc1. The lowest BCUT2D eigenvalue weighted by molar-refractivity contribution is -0.126. The maximum atomic E-state index is 11.5. The maximum absolute atomic E-state index is 11.5. The van der Waals surface area contributed by atoms with Gasteiger partial charge in [-0.2, -0.15) is 0 Å². The molecule has 0 unspecified atom stereocenters. The second-order valence-electron chi connectivity index (χ2n) is 5.38. The van der Waals surface area contributed by atoms with Crippen LogP contribution in [-0.2, 0) is 10.2 Å². The standard InChI is InChI=1S/C14H20N2O2/c1-14(2,10-17)11-4-6-12(7-5-11)16-9-8-13(18)15(16)3/h4-7,17H,8-10H2,1-3H3. The molecule has 1 saturated heterocycles. The number of carbonyl (C=O) groups excluding carboxylic acids is 1. The fourth-order valence-corrected chi connectivity index (χ4v) is 2.13. The average molecular weight is 248 g/mol. The zero-order valence-electron chi connectivity index (χ0n) is 11.2. The van der Waals surface area contributed by atoms with Crippen molar-refractivity contribution in [2.75, 3.05) is 25.2 Å². The summed E-state index contributed by atoms with van der Waals surface area (Å²) in [6, 6.07) is 8.04. The molecule has 0 aliphatic carbocycles. The molecule has 0 radical (unpaired) electrons. The lowest BCUT2D eigenvalue weighted by Gasteiger charge is -2.27. The molecule has 98 valence electrons. The van der Waals surface area contributed by atoms with Crippen LogP contribution in [0.4, 0.5) is 5.69 Å². The molecule has 1 fully saturated rings. The molecule has 0 saturated carbocycles. The van der Waals surface area contributed by atoms with Crippen molar-refractivity contribution in [1.82, 2.24) is 5.01 Å². The van der Waals surface area contributed by atoms with Crippen LogP contribution >= 0.6 is 0 Å². The van der Waals surface area contributed by atoms with Crippen molar-refractivity contribution < 1.29 is 9.90 Å². The number of benzene rings is 1. The minimum absolute atomic E-state index is 0.119. The number of anilines is 1. The highest BCUT2D eigenvalue weighted by molar-refractivity contribution is 5.81. The lowest BCUT2D eigenvalue weighted by Crippen LogP contribution is -2.35. The third kappa shape index (κ3) is 2.20. The minimum atomic E-state index is -0.231. The van der Waals surface area contributed by atoms with Gasteiger partial charge in [-0.3, -0.25) is 14.8 Å². The molecule has 1 aromatic carbocycles. The molecule has 1 aromatic rings. The van der Waals surface area contributed by atoms with Gasteiger partial charge >= 0.3 is 0 Å². The first kappa shape index (κ1) is 12.9. The summed E-state index contributed by atoms with van der Waals surface area (Å²) in [6.45, 7) is 4.87. The van der Waals surface area contributed by atoms with Gasteiger partial charge in [0, 0.05) is 25.4 Å². The van der Waals surface area contributed by atoms with Crippen LogP contribution in [0, 0.1) is 0 Å². The van der Waals surface area contributed by atoms with E-state index in [1.165, 1.54) is 0 Å². The van der Waals surface area contributed by atoms with E-state index < -0.39 is 0 Å². The number of aliphatic hydroxyl groups excluding tert-OH is 1. The van der Waals surface area contributed by atoms with E-state index >= 15 is 0 Å². The van der Waals surface area contributed by atoms with Crippen molar-refractivity contribution in [2.24, 2.45) is 0 Å². The summed E-state index contributed by atoms with van der Waals surface area (Å²) in [5, 5.41) is 13.0. The number of aliphatic hydroxyl groups is 1. The van der Waals surface area contributed by atoms with Gasteiger partial charge in [-0.05, 0) is 17.7 Å². The van der Waals surface area contributed by atoms with Crippen LogP contribution in [0.1, 0.15) is 25.8 Å². The van der Waals surface area contributed by atoms with E-state index in [4.69, 9.17) is 0 Å². The number of hydrogen-bond donors (Lipinski definition) is 1. The smallest absolute Gasteiger partial charge is 0.242 e. The number of nitrogens with zero attached hydrogens (tertiary/aromatic N) is 2. The molecule has 2 rings (SSSR count). The molecule has 1 aliphatic rings. The van der Waals surface area contributed by atoms with E-state index in [2.05, 4.69) is 0 Å². The molecule has 18 heavy (non-hydrogen) atoms. The van der Waals surface area contributed by atoms with Crippen molar-refractivity contribution in [3.63, 3.8) is 0 Å². The van der Waals surface area contributed by atoms with Crippen LogP contribution in [0.5, 0.6) is 0 Å². The summed E-state index contributed by atoms with van der Waals surface area (Å²) in [7, 11) is 1.79. The Morgan fingerprint density at radius 2 is 1.89 bits per heavy atom. The monoisotopic (exact) mass is 248 g/mol. The predicted molar refractivity (Wildman–Crippen MR) is 71.3 cm³/mol. The molecule has 1 aliphatic heterocycles. The topological polar surface area (TPSA) is 43.8 Å². The summed E-state index contributed by atoms with van der Waals surface area (Å²) >= 11 is 0. The molecule has 0 atom stereocenters. The first-order valence-corrected chi connectivity index (χ1v) is 6.21. The first-order chi connectivity index (χ1) is 8.45. The van der Waals surface area contributed by atoms with E-state index in [1.807, 2.05) is 43.1 Å². The van der Waals surface area contributed by atoms with Gasteiger partial charge in [-0.15, -0.1) is 0 Å². The van der Waals surface area contributed by atoms with Crippen LogP contribution in [0.2, 0.25) is 0 Å². The predicted octanol–water partition coefficient (Wildman–Crippen LogP) is 1.54. The van der Waals surface area contributed by atoms with Gasteiger partial charge in [-0.1, -0.05) is 26.0 Å². The lowest BCUT2D eigenvalue weighted by atomic mass is 9.85. The van der Waals surface area contributed by atoms with Gasteiger partial charge in [0.15, 0.2) is 0 Å². The fourth-order valence-electron chi connectivity index (χ4n) is 2.13. The van der Waals surface area contributed by atoms with E-state index in [0.717, 1.165) is 17.8 Å². The molecule has 4 nitrogen and oxygen atoms in total. The Kier molecular flexibility index (Phi) is 3.30. The first-order valence-electron chi connectivity index (χ1n) is 6.21. The van der Waals surface area contributed by atoms with Gasteiger partial charge in [0.1, 0.15) is 0 Å². The summed E-state index contributed by atoms with van der Waals surface area (Å²) in [5.74, 6) is 0.148. The van der Waals surface area contributed by atoms with Gasteiger partial charge in [-0.25, -0.2) is 0 Å². The Labute approximate surface area is 108 Å². The Morgan fingerprint density at radius 3 is 2.33 bits per heavy atom. The van der Waals surface area contributed by atoms with Crippen molar-refractivity contribution in [1.29, 1.82) is 0 Å². The van der Waals surface area contributed by atoms with Crippen LogP contribution in [0.15, 0.2) is 24.3 Å². The van der Waals surface area contributed by atoms with Gasteiger partial charge in [0.2, 0.25) is 5.91 Å². The van der Waals surface area contributed by atoms with E-state index in [-0.39, 0.29) is 17.9 Å². The Hall–Kier alpha value is -1.55. The quantitative estimate of drug-likeness (QED) is 0.882. The summed E-state index contributed by atoms with van der Waals surface area (Å²) in [5.41, 5.74) is 1.88. The van der Waals surface area contributed by atoms with Gasteiger partial charge < -0.3 is 5.11 Å². The Bertz CT molecular complexity index is 440. The number of rotatable bonds is 3. The highest BCUT2D eigenvalue weighted by Crippen LogP contribution is 2.27. The van der Waals surface area contributed by atoms with E-state index in [0.29, 0.717) is 6.42 Å². The van der Waals surface area contributed by atoms with Crippen molar-refractivity contribution in [3.8, 4) is 0 Å². The van der Waals surface area contributed by atoms with Gasteiger partial charge in [0.25, 0.3) is 0 Å². The molecule has 1 amide bonds. The zero-order valence-corrected chi connectivity index (χ0v) is 11.2. The number of carbonyl (C=O) groups is 1. The second-order valence-corrected chi connectivity index (χ2v) is 5.38. The Balaban J connectivity index is 2.21. The van der Waals surface area contributed by atoms with E-state index in [1.54, 1.807) is 12.1 Å². The number of hydrazine groups is 1. The normalized spacial score (nSPS) is 16.6. The van der Waals surface area contributed by atoms with E-state index in [9.17, 15) is 9.90 Å². The van der Waals surface area contributed by atoms with Crippen molar-refractivity contribution in [3.05, 3.63) is 29.8 Å². The third-order valence-electron chi connectivity index (χ3n) is 3.60. The highest BCUT2D eigenvalue weighted by atomic mass is 16.3. The zero-order chi connectivity index (χ0) is 13.3.